The maximum absolute atomic E-state index is 10.2. The zero-order valence-electron chi connectivity index (χ0n) is 63.1. The number of ether oxygens (including phenoxy) is 2. The van der Waals surface area contributed by atoms with Crippen LogP contribution in [0, 0.1) is 34.0 Å². The number of rotatable bonds is 10. The summed E-state index contributed by atoms with van der Waals surface area (Å²) < 4.78 is 14.1. The van der Waals surface area contributed by atoms with Gasteiger partial charge in [0.2, 0.25) is 0 Å². The third-order valence-corrected chi connectivity index (χ3v) is 22.9. The van der Waals surface area contributed by atoms with Crippen molar-refractivity contribution in [3.8, 4) is 176 Å². The molecule has 0 saturated carbocycles. The molecular formula is C106H62N10O2. The fraction of sp³-hybridized carbons (Fsp3) is 0.0189. The molecule has 2 spiro atoms. The Hall–Kier alpha value is -16.5. The Morgan fingerprint density at radius 3 is 0.966 bits per heavy atom. The van der Waals surface area contributed by atoms with Gasteiger partial charge in [-0.1, -0.05) is 297 Å². The van der Waals surface area contributed by atoms with Gasteiger partial charge in [0.15, 0.2) is 34.9 Å². The molecule has 0 radical (unpaired) electrons. The van der Waals surface area contributed by atoms with E-state index in [2.05, 4.69) is 205 Å². The van der Waals surface area contributed by atoms with Crippen LogP contribution in [-0.2, 0) is 10.8 Å². The van der Waals surface area contributed by atoms with E-state index in [1.165, 1.54) is 0 Å². The van der Waals surface area contributed by atoms with E-state index >= 15 is 0 Å². The second-order valence-corrected chi connectivity index (χ2v) is 29.4. The number of para-hydroxylation sites is 4. The van der Waals surface area contributed by atoms with Gasteiger partial charge in [0.25, 0.3) is 0 Å². The average molecular weight is 1510 g/mol. The molecule has 12 nitrogen and oxygen atoms in total. The topological polar surface area (TPSA) is 180 Å². The first-order valence-corrected chi connectivity index (χ1v) is 38.9. The van der Waals surface area contributed by atoms with Gasteiger partial charge in [-0.25, -0.2) is 29.9 Å². The van der Waals surface area contributed by atoms with Gasteiger partial charge >= 0.3 is 0 Å². The van der Waals surface area contributed by atoms with Crippen LogP contribution in [0.15, 0.2) is 376 Å². The highest BCUT2D eigenvalue weighted by Gasteiger charge is 2.54. The van der Waals surface area contributed by atoms with Crippen molar-refractivity contribution in [2.75, 3.05) is 0 Å². The lowest BCUT2D eigenvalue weighted by atomic mass is 9.65. The molecule has 2 aliphatic carbocycles. The third-order valence-electron chi connectivity index (χ3n) is 22.9. The normalized spacial score (nSPS) is 14.3. The molecule has 22 rings (SSSR count). The van der Waals surface area contributed by atoms with Crippen LogP contribution in [0.5, 0.6) is 23.0 Å². The van der Waals surface area contributed by atoms with E-state index in [0.29, 0.717) is 63.1 Å². The molecule has 0 saturated heterocycles. The Morgan fingerprint density at radius 2 is 0.534 bits per heavy atom. The Morgan fingerprint density at radius 1 is 0.220 bits per heavy atom. The van der Waals surface area contributed by atoms with E-state index in [1.807, 2.05) is 182 Å². The molecule has 4 aliphatic rings. The minimum atomic E-state index is -0.793. The van der Waals surface area contributed by atoms with Crippen LogP contribution in [0.1, 0.15) is 61.2 Å². The fourth-order valence-corrected chi connectivity index (χ4v) is 17.9. The minimum Gasteiger partial charge on any atom is -0.456 e. The van der Waals surface area contributed by atoms with Crippen LogP contribution in [0.25, 0.3) is 135 Å². The fourth-order valence-electron chi connectivity index (χ4n) is 17.9. The summed E-state index contributed by atoms with van der Waals surface area (Å²) in [5.74, 6) is 6.16. The number of nitriles is 3. The van der Waals surface area contributed by atoms with Crippen LogP contribution in [0.3, 0.4) is 0 Å². The summed E-state index contributed by atoms with van der Waals surface area (Å²) in [5, 5.41) is 30.1. The molecule has 0 fully saturated rings. The number of pyridine rings is 1. The Bertz CT molecular complexity index is 7140. The van der Waals surface area contributed by atoms with Gasteiger partial charge < -0.3 is 9.47 Å². The number of aromatic nitrogens is 7. The average Bonchev–Trinajstić information content (AvgIpc) is 1.50. The maximum Gasteiger partial charge on any atom is 0.167 e. The van der Waals surface area contributed by atoms with Crippen molar-refractivity contribution in [1.82, 2.24) is 34.9 Å². The zero-order valence-corrected chi connectivity index (χ0v) is 63.1. The number of hydrogen-bond acceptors (Lipinski definition) is 12. The van der Waals surface area contributed by atoms with Crippen LogP contribution in [-0.4, -0.2) is 34.9 Å². The standard InChI is InChI=1S/C54H31N5O.C52H31N5O/c55-32-34-29-35(33-56)31-40(30-34)41-18-11-22-46-49(41)42-17-7-8-20-44(42)54(46)45-21-9-10-24-48(45)60-50-43(19-12-23-47(50)54)53-58-51(38-15-5-2-6-16-38)57-52(59-53)39-27-25-37(26-28-39)36-13-3-1-4-14-36;53-32-33-29-36(31-37(30-33)45-26-11-12-28-54-45)38-20-13-24-43-47(38)39-19-7-8-22-41(39)52(43)42-23-9-10-27-46(42)58-48-40(21-14-25-44(48)52)51-56-49(34-15-3-1-4-16-34)55-50(57-51)35-17-5-2-6-18-35/h1-31H;1-31H. The molecule has 5 heterocycles. The van der Waals surface area contributed by atoms with Gasteiger partial charge in [-0.15, -0.1) is 0 Å². The monoisotopic (exact) mass is 1510 g/mol. The van der Waals surface area contributed by atoms with E-state index in [9.17, 15) is 15.8 Å². The second-order valence-electron chi connectivity index (χ2n) is 29.4. The van der Waals surface area contributed by atoms with E-state index in [-0.39, 0.29) is 0 Å². The molecule has 548 valence electrons. The smallest absolute Gasteiger partial charge is 0.167 e. The minimum absolute atomic E-state index is 0.438. The zero-order chi connectivity index (χ0) is 78.8. The molecule has 12 heteroatoms. The number of fused-ring (bicyclic) bond motifs is 18. The summed E-state index contributed by atoms with van der Waals surface area (Å²) in [7, 11) is 0. The van der Waals surface area contributed by atoms with Gasteiger partial charge in [-0.3, -0.25) is 4.98 Å². The van der Waals surface area contributed by atoms with Crippen LogP contribution in [0.2, 0.25) is 0 Å². The first kappa shape index (κ1) is 69.5. The number of nitrogens with zero attached hydrogens (tertiary/aromatic N) is 10. The summed E-state index contributed by atoms with van der Waals surface area (Å²) in [6, 6.07) is 132. The van der Waals surface area contributed by atoms with Crippen molar-refractivity contribution in [2.45, 2.75) is 10.8 Å². The van der Waals surface area contributed by atoms with Crippen molar-refractivity contribution < 1.29 is 9.47 Å². The van der Waals surface area contributed by atoms with Crippen LogP contribution < -0.4 is 9.47 Å². The lowest BCUT2D eigenvalue weighted by molar-refractivity contribution is 0.437. The molecule has 0 amide bonds. The summed E-state index contributed by atoms with van der Waals surface area (Å²) in [5.41, 5.74) is 25.5. The highest BCUT2D eigenvalue weighted by Crippen LogP contribution is 2.67. The molecule has 3 aromatic heterocycles. The van der Waals surface area contributed by atoms with E-state index in [1.54, 1.807) is 12.3 Å². The van der Waals surface area contributed by atoms with E-state index in [0.717, 1.165) is 156 Å². The van der Waals surface area contributed by atoms with Gasteiger partial charge in [-0.2, -0.15) is 15.8 Å². The third kappa shape index (κ3) is 11.4. The maximum atomic E-state index is 10.2. The number of hydrogen-bond donors (Lipinski definition) is 0. The Kier molecular flexibility index (Phi) is 16.9. The van der Waals surface area contributed by atoms with Crippen molar-refractivity contribution in [3.63, 3.8) is 0 Å². The lowest BCUT2D eigenvalue weighted by Crippen LogP contribution is -2.32. The Balaban J connectivity index is 0.000000147. The summed E-state index contributed by atoms with van der Waals surface area (Å²) in [6.07, 6.45) is 1.78. The van der Waals surface area contributed by atoms with Crippen molar-refractivity contribution in [2.24, 2.45) is 0 Å². The van der Waals surface area contributed by atoms with Gasteiger partial charge in [0.1, 0.15) is 23.0 Å². The van der Waals surface area contributed by atoms with Crippen LogP contribution >= 0.6 is 0 Å². The first-order chi connectivity index (χ1) is 58.3. The van der Waals surface area contributed by atoms with Gasteiger partial charge in [0, 0.05) is 56.3 Å². The van der Waals surface area contributed by atoms with Crippen molar-refractivity contribution >= 4 is 0 Å². The molecule has 18 aromatic rings. The van der Waals surface area contributed by atoms with Crippen molar-refractivity contribution in [3.05, 3.63) is 437 Å². The summed E-state index contributed by atoms with van der Waals surface area (Å²) in [6.45, 7) is 0. The van der Waals surface area contributed by atoms with E-state index < -0.39 is 10.8 Å². The molecule has 2 unspecified atom stereocenters. The summed E-state index contributed by atoms with van der Waals surface area (Å²) in [4.78, 5) is 35.3. The van der Waals surface area contributed by atoms with Gasteiger partial charge in [0.05, 0.1) is 62.5 Å². The Labute approximate surface area is 680 Å². The summed E-state index contributed by atoms with van der Waals surface area (Å²) >= 11 is 0. The quantitative estimate of drug-likeness (QED) is 0.127. The SMILES string of the molecule is N#Cc1cc(-c2ccccn2)cc(-c2cccc3c2-c2ccccc2C32c3ccccc3Oc3c(-c4nc(-c5ccccc5)nc(-c5ccccc5)n4)cccc32)c1.N#Cc1cc(C#N)cc(-c2cccc3c2-c2ccccc2C32c3ccccc3Oc3c(-c4nc(-c5ccccc5)nc(-c5ccc(-c6ccccc6)cc5)n4)cccc32)c1. The second kappa shape index (κ2) is 28.6. The highest BCUT2D eigenvalue weighted by molar-refractivity contribution is 6.00. The molecule has 2 atom stereocenters. The van der Waals surface area contributed by atoms with Crippen molar-refractivity contribution in [1.29, 1.82) is 15.8 Å². The molecule has 0 bridgehead atoms. The van der Waals surface area contributed by atoms with E-state index in [4.69, 9.17) is 39.4 Å². The molecule has 2 aliphatic heterocycles. The number of benzene rings is 15. The lowest BCUT2D eigenvalue weighted by Gasteiger charge is -2.40. The largest absolute Gasteiger partial charge is 0.456 e. The predicted octanol–water partition coefficient (Wildman–Crippen LogP) is 24.4. The first-order valence-electron chi connectivity index (χ1n) is 38.9. The highest BCUT2D eigenvalue weighted by atomic mass is 16.5. The predicted molar refractivity (Wildman–Crippen MR) is 461 cm³/mol. The van der Waals surface area contributed by atoms with Gasteiger partial charge in [-0.05, 0) is 151 Å². The molecule has 118 heavy (non-hydrogen) atoms. The van der Waals surface area contributed by atoms with Crippen LogP contribution in [0.4, 0.5) is 0 Å². The molecular weight excluding hydrogens is 1450 g/mol. The molecule has 15 aromatic carbocycles. The molecule has 0 N–H and O–H groups in total.